The molecule has 1 heterocycles. The van der Waals surface area contributed by atoms with Gasteiger partial charge < -0.3 is 14.8 Å². The van der Waals surface area contributed by atoms with Crippen LogP contribution < -0.4 is 14.8 Å². The van der Waals surface area contributed by atoms with Crippen LogP contribution in [-0.4, -0.2) is 23.7 Å². The summed E-state index contributed by atoms with van der Waals surface area (Å²) in [5.74, 6) is 0.170. The Hall–Kier alpha value is -2.51. The van der Waals surface area contributed by atoms with Crippen LogP contribution in [0.2, 0.25) is 0 Å². The van der Waals surface area contributed by atoms with Gasteiger partial charge in [0.1, 0.15) is 11.3 Å². The standard InChI is InChI=1S/C14H14F3N3O2/c1-3-22-10-6-4-9(5-7-10)19-13-18-8-11(14(15,16)17)12(20-13)21-2/h4-8H,3H2,1-2H3,(H,18,19,20). The number of rotatable bonds is 5. The highest BCUT2D eigenvalue weighted by Crippen LogP contribution is 2.35. The lowest BCUT2D eigenvalue weighted by atomic mass is 10.3. The molecule has 22 heavy (non-hydrogen) atoms. The second-order valence-corrected chi connectivity index (χ2v) is 4.20. The normalized spacial score (nSPS) is 11.1. The lowest BCUT2D eigenvalue weighted by Gasteiger charge is -2.12. The second-order valence-electron chi connectivity index (χ2n) is 4.20. The minimum atomic E-state index is -4.57. The van der Waals surface area contributed by atoms with E-state index in [-0.39, 0.29) is 5.95 Å². The summed E-state index contributed by atoms with van der Waals surface area (Å²) in [4.78, 5) is 7.37. The summed E-state index contributed by atoms with van der Waals surface area (Å²) in [6.45, 7) is 2.42. The molecule has 0 aliphatic rings. The van der Waals surface area contributed by atoms with Gasteiger partial charge in [-0.1, -0.05) is 0 Å². The highest BCUT2D eigenvalue weighted by atomic mass is 19.4. The van der Waals surface area contributed by atoms with Crippen LogP contribution in [0.4, 0.5) is 24.8 Å². The Balaban J connectivity index is 2.19. The Bertz CT molecular complexity index is 630. The molecule has 0 aliphatic heterocycles. The zero-order valence-electron chi connectivity index (χ0n) is 11.9. The maximum atomic E-state index is 12.7. The van der Waals surface area contributed by atoms with Gasteiger partial charge in [-0.05, 0) is 31.2 Å². The monoisotopic (exact) mass is 313 g/mol. The molecule has 0 saturated heterocycles. The van der Waals surface area contributed by atoms with Crippen LogP contribution in [0.1, 0.15) is 12.5 Å². The number of nitrogens with zero attached hydrogens (tertiary/aromatic N) is 2. The van der Waals surface area contributed by atoms with E-state index in [1.165, 1.54) is 0 Å². The summed E-state index contributed by atoms with van der Waals surface area (Å²) >= 11 is 0. The van der Waals surface area contributed by atoms with E-state index in [1.54, 1.807) is 24.3 Å². The Kier molecular flexibility index (Phi) is 4.69. The fourth-order valence-corrected chi connectivity index (χ4v) is 1.71. The first-order valence-corrected chi connectivity index (χ1v) is 6.42. The fourth-order valence-electron chi connectivity index (χ4n) is 1.71. The minimum absolute atomic E-state index is 0.00834. The van der Waals surface area contributed by atoms with Gasteiger partial charge in [-0.15, -0.1) is 0 Å². The molecule has 0 saturated carbocycles. The van der Waals surface area contributed by atoms with Crippen molar-refractivity contribution in [2.45, 2.75) is 13.1 Å². The Morgan fingerprint density at radius 2 is 1.86 bits per heavy atom. The van der Waals surface area contributed by atoms with Crippen LogP contribution >= 0.6 is 0 Å². The molecular formula is C14H14F3N3O2. The molecule has 0 fully saturated rings. The van der Waals surface area contributed by atoms with Crippen LogP contribution in [0, 0.1) is 0 Å². The Labute approximate surface area is 125 Å². The van der Waals surface area contributed by atoms with Crippen LogP contribution in [0.15, 0.2) is 30.5 Å². The predicted octanol–water partition coefficient (Wildman–Crippen LogP) is 3.65. The van der Waals surface area contributed by atoms with E-state index in [4.69, 9.17) is 4.74 Å². The summed E-state index contributed by atoms with van der Waals surface area (Å²) in [6, 6.07) is 6.87. The smallest absolute Gasteiger partial charge is 0.423 e. The molecule has 2 rings (SSSR count). The SMILES string of the molecule is CCOc1ccc(Nc2ncc(C(F)(F)F)c(OC)n2)cc1. The van der Waals surface area contributed by atoms with E-state index >= 15 is 0 Å². The van der Waals surface area contributed by atoms with E-state index in [0.29, 0.717) is 24.2 Å². The Morgan fingerprint density at radius 3 is 2.41 bits per heavy atom. The average molecular weight is 313 g/mol. The van der Waals surface area contributed by atoms with Gasteiger partial charge in [0.15, 0.2) is 0 Å². The molecule has 118 valence electrons. The molecule has 0 radical (unpaired) electrons. The van der Waals surface area contributed by atoms with Crippen molar-refractivity contribution in [2.75, 3.05) is 19.0 Å². The number of hydrogen-bond donors (Lipinski definition) is 1. The lowest BCUT2D eigenvalue weighted by molar-refractivity contribution is -0.139. The van der Waals surface area contributed by atoms with Crippen LogP contribution in [0.3, 0.4) is 0 Å². The zero-order valence-corrected chi connectivity index (χ0v) is 11.9. The predicted molar refractivity (Wildman–Crippen MR) is 74.5 cm³/mol. The molecular weight excluding hydrogens is 299 g/mol. The van der Waals surface area contributed by atoms with Crippen molar-refractivity contribution < 1.29 is 22.6 Å². The van der Waals surface area contributed by atoms with Crippen molar-refractivity contribution in [2.24, 2.45) is 0 Å². The topological polar surface area (TPSA) is 56.3 Å². The molecule has 0 bridgehead atoms. The fraction of sp³-hybridized carbons (Fsp3) is 0.286. The van der Waals surface area contributed by atoms with Gasteiger partial charge in [0.2, 0.25) is 11.8 Å². The van der Waals surface area contributed by atoms with Gasteiger partial charge in [0.25, 0.3) is 0 Å². The van der Waals surface area contributed by atoms with Gasteiger partial charge in [-0.2, -0.15) is 18.2 Å². The van der Waals surface area contributed by atoms with Crippen LogP contribution in [-0.2, 0) is 6.18 Å². The number of anilines is 2. The van der Waals surface area contributed by atoms with Crippen molar-refractivity contribution in [3.05, 3.63) is 36.0 Å². The summed E-state index contributed by atoms with van der Waals surface area (Å²) in [7, 11) is 1.12. The largest absolute Gasteiger partial charge is 0.494 e. The van der Waals surface area contributed by atoms with Crippen LogP contribution in [0.25, 0.3) is 0 Å². The highest BCUT2D eigenvalue weighted by Gasteiger charge is 2.36. The maximum absolute atomic E-state index is 12.7. The average Bonchev–Trinajstić information content (AvgIpc) is 2.48. The van der Waals surface area contributed by atoms with Crippen molar-refractivity contribution in [3.63, 3.8) is 0 Å². The third-order valence-corrected chi connectivity index (χ3v) is 2.67. The first-order chi connectivity index (χ1) is 10.4. The summed E-state index contributed by atoms with van der Waals surface area (Å²) in [5.41, 5.74) is -0.405. The van der Waals surface area contributed by atoms with E-state index < -0.39 is 17.6 Å². The lowest BCUT2D eigenvalue weighted by Crippen LogP contribution is -2.11. The van der Waals surface area contributed by atoms with Gasteiger partial charge in [-0.3, -0.25) is 0 Å². The third kappa shape index (κ3) is 3.78. The van der Waals surface area contributed by atoms with Gasteiger partial charge in [0, 0.05) is 11.9 Å². The Morgan fingerprint density at radius 1 is 1.18 bits per heavy atom. The second kappa shape index (κ2) is 6.50. The molecule has 1 N–H and O–H groups in total. The maximum Gasteiger partial charge on any atom is 0.423 e. The van der Waals surface area contributed by atoms with E-state index in [2.05, 4.69) is 20.0 Å². The van der Waals surface area contributed by atoms with E-state index in [9.17, 15) is 13.2 Å². The summed E-state index contributed by atoms with van der Waals surface area (Å²) < 4.78 is 48.1. The molecule has 1 aromatic carbocycles. The first kappa shape index (κ1) is 15.9. The molecule has 0 atom stereocenters. The van der Waals surface area contributed by atoms with Crippen LogP contribution in [0.5, 0.6) is 11.6 Å². The molecule has 0 unspecified atom stereocenters. The molecule has 5 nitrogen and oxygen atoms in total. The molecule has 0 amide bonds. The molecule has 2 aromatic rings. The van der Waals surface area contributed by atoms with Crippen molar-refractivity contribution >= 4 is 11.6 Å². The first-order valence-electron chi connectivity index (χ1n) is 6.42. The highest BCUT2D eigenvalue weighted by molar-refractivity contribution is 5.55. The number of nitrogens with one attached hydrogen (secondary N) is 1. The van der Waals surface area contributed by atoms with Crippen molar-refractivity contribution in [1.29, 1.82) is 0 Å². The van der Waals surface area contributed by atoms with Gasteiger partial charge >= 0.3 is 6.18 Å². The molecule has 0 aliphatic carbocycles. The molecule has 0 spiro atoms. The number of hydrogen-bond acceptors (Lipinski definition) is 5. The van der Waals surface area contributed by atoms with Crippen molar-refractivity contribution in [1.82, 2.24) is 9.97 Å². The zero-order chi connectivity index (χ0) is 16.2. The number of alkyl halides is 3. The van der Waals surface area contributed by atoms with E-state index in [0.717, 1.165) is 7.11 Å². The molecule has 1 aromatic heterocycles. The quantitative estimate of drug-likeness (QED) is 0.913. The number of halogens is 3. The van der Waals surface area contributed by atoms with Gasteiger partial charge in [0.05, 0.1) is 13.7 Å². The number of ether oxygens (including phenoxy) is 2. The summed E-state index contributed by atoms with van der Waals surface area (Å²) in [5, 5.41) is 2.80. The number of methoxy groups -OCH3 is 1. The summed E-state index contributed by atoms with van der Waals surface area (Å²) in [6.07, 6.45) is -3.88. The number of aromatic nitrogens is 2. The molecule has 8 heteroatoms. The van der Waals surface area contributed by atoms with E-state index in [1.807, 2.05) is 6.92 Å². The number of benzene rings is 1. The third-order valence-electron chi connectivity index (χ3n) is 2.67. The van der Waals surface area contributed by atoms with Gasteiger partial charge in [-0.25, -0.2) is 4.98 Å². The van der Waals surface area contributed by atoms with Crippen molar-refractivity contribution in [3.8, 4) is 11.6 Å². The minimum Gasteiger partial charge on any atom is -0.494 e.